The Balaban J connectivity index is 2.23. The Morgan fingerprint density at radius 3 is 2.74 bits per heavy atom. The van der Waals surface area contributed by atoms with Crippen molar-refractivity contribution in [2.45, 2.75) is 58.5 Å². The van der Waals surface area contributed by atoms with E-state index in [2.05, 4.69) is 53.9 Å². The summed E-state index contributed by atoms with van der Waals surface area (Å²) in [7, 11) is 0. The van der Waals surface area contributed by atoms with Gasteiger partial charge in [0.2, 0.25) is 0 Å². The van der Waals surface area contributed by atoms with Crippen LogP contribution in [0.2, 0.25) is 0 Å². The highest BCUT2D eigenvalue weighted by Crippen LogP contribution is 2.22. The summed E-state index contributed by atoms with van der Waals surface area (Å²) in [5.74, 6) is 1.54. The largest absolute Gasteiger partial charge is 0.351 e. The molecule has 2 rings (SSSR count). The molecular weight excluding hydrogens is 236 g/mol. The molecule has 4 heteroatoms. The minimum absolute atomic E-state index is 0.451. The van der Waals surface area contributed by atoms with Crippen LogP contribution >= 0.6 is 0 Å². The number of hydrogen-bond donors (Lipinski definition) is 1. The van der Waals surface area contributed by atoms with Crippen LogP contribution in [-0.2, 0) is 0 Å². The smallest absolute Gasteiger partial charge is 0.132 e. The van der Waals surface area contributed by atoms with Gasteiger partial charge in [-0.05, 0) is 18.8 Å². The fourth-order valence-electron chi connectivity index (χ4n) is 2.62. The lowest BCUT2D eigenvalue weighted by Gasteiger charge is -2.40. The Hall–Kier alpha value is -1.16. The summed E-state index contributed by atoms with van der Waals surface area (Å²) in [5.41, 5.74) is 1.13. The quantitative estimate of drug-likeness (QED) is 0.905. The third-order valence-corrected chi connectivity index (χ3v) is 4.02. The first-order valence-corrected chi connectivity index (χ1v) is 7.47. The van der Waals surface area contributed by atoms with Gasteiger partial charge in [0.25, 0.3) is 0 Å². The van der Waals surface area contributed by atoms with Crippen molar-refractivity contribution in [1.82, 2.24) is 15.3 Å². The van der Waals surface area contributed by atoms with Crippen LogP contribution in [0.5, 0.6) is 0 Å². The third-order valence-electron chi connectivity index (χ3n) is 4.02. The van der Waals surface area contributed by atoms with Gasteiger partial charge in [-0.25, -0.2) is 9.97 Å². The maximum atomic E-state index is 4.50. The summed E-state index contributed by atoms with van der Waals surface area (Å²) in [6.07, 6.45) is 4.01. The van der Waals surface area contributed by atoms with E-state index in [0.717, 1.165) is 37.4 Å². The summed E-state index contributed by atoms with van der Waals surface area (Å²) >= 11 is 0. The molecule has 1 aromatic heterocycles. The first kappa shape index (κ1) is 14.3. The molecule has 0 aromatic carbocycles. The number of nitrogens with zero attached hydrogens (tertiary/aromatic N) is 3. The predicted octanol–water partition coefficient (Wildman–Crippen LogP) is 2.57. The average Bonchev–Trinajstić information content (AvgIpc) is 2.46. The molecule has 0 amide bonds. The Morgan fingerprint density at radius 1 is 1.32 bits per heavy atom. The molecular formula is C15H26N4. The van der Waals surface area contributed by atoms with Gasteiger partial charge in [0.15, 0.2) is 0 Å². The van der Waals surface area contributed by atoms with Crippen molar-refractivity contribution >= 4 is 5.82 Å². The first-order chi connectivity index (χ1) is 9.15. The van der Waals surface area contributed by atoms with Gasteiger partial charge in [-0.3, -0.25) is 0 Å². The van der Waals surface area contributed by atoms with Crippen molar-refractivity contribution < 1.29 is 0 Å². The molecule has 0 saturated carbocycles. The molecule has 0 aliphatic carbocycles. The standard InChI is InChI=1S/C15H26N4/c1-5-12-9-19(13(6-2)8-16-12)15-7-14(11(3)4)17-10-18-15/h7,10-13,16H,5-6,8-9H2,1-4H3. The van der Waals surface area contributed by atoms with E-state index in [-0.39, 0.29) is 0 Å². The molecule has 1 saturated heterocycles. The topological polar surface area (TPSA) is 41.1 Å². The maximum Gasteiger partial charge on any atom is 0.132 e. The molecule has 0 bridgehead atoms. The van der Waals surface area contributed by atoms with Crippen LogP contribution in [0.15, 0.2) is 12.4 Å². The Kier molecular flexibility index (Phi) is 4.75. The van der Waals surface area contributed by atoms with Crippen LogP contribution in [0, 0.1) is 0 Å². The minimum atomic E-state index is 0.451. The number of piperazine rings is 1. The minimum Gasteiger partial charge on any atom is -0.351 e. The summed E-state index contributed by atoms with van der Waals surface area (Å²) in [5, 5.41) is 3.62. The SMILES string of the molecule is CCC1CN(c2cc(C(C)C)ncn2)C(CC)CN1. The lowest BCUT2D eigenvalue weighted by molar-refractivity contribution is 0.376. The zero-order valence-electron chi connectivity index (χ0n) is 12.6. The summed E-state index contributed by atoms with van der Waals surface area (Å²) in [4.78, 5) is 11.3. The molecule has 106 valence electrons. The molecule has 4 nitrogen and oxygen atoms in total. The summed E-state index contributed by atoms with van der Waals surface area (Å²) in [6.45, 7) is 10.9. The van der Waals surface area contributed by atoms with Crippen LogP contribution in [0.4, 0.5) is 5.82 Å². The van der Waals surface area contributed by atoms with E-state index in [1.54, 1.807) is 6.33 Å². The van der Waals surface area contributed by atoms with E-state index in [9.17, 15) is 0 Å². The molecule has 0 radical (unpaired) electrons. The van der Waals surface area contributed by atoms with Crippen LogP contribution in [0.25, 0.3) is 0 Å². The van der Waals surface area contributed by atoms with Gasteiger partial charge in [-0.1, -0.05) is 27.7 Å². The van der Waals surface area contributed by atoms with Gasteiger partial charge in [0, 0.05) is 36.9 Å². The fraction of sp³-hybridized carbons (Fsp3) is 0.733. The Labute approximate surface area is 116 Å². The maximum absolute atomic E-state index is 4.50. The lowest BCUT2D eigenvalue weighted by atomic mass is 10.0. The zero-order valence-corrected chi connectivity index (χ0v) is 12.6. The van der Waals surface area contributed by atoms with Gasteiger partial charge >= 0.3 is 0 Å². The zero-order chi connectivity index (χ0) is 13.8. The van der Waals surface area contributed by atoms with Crippen molar-refractivity contribution in [3.05, 3.63) is 18.1 Å². The first-order valence-electron chi connectivity index (χ1n) is 7.47. The molecule has 1 fully saturated rings. The third kappa shape index (κ3) is 3.24. The molecule has 2 atom stereocenters. The highest BCUT2D eigenvalue weighted by molar-refractivity contribution is 5.42. The van der Waals surface area contributed by atoms with Crippen molar-refractivity contribution in [3.8, 4) is 0 Å². The second-order valence-corrected chi connectivity index (χ2v) is 5.68. The van der Waals surface area contributed by atoms with Crippen molar-refractivity contribution in [2.75, 3.05) is 18.0 Å². The highest BCUT2D eigenvalue weighted by atomic mass is 15.3. The average molecular weight is 262 g/mol. The van der Waals surface area contributed by atoms with E-state index < -0.39 is 0 Å². The van der Waals surface area contributed by atoms with Crippen molar-refractivity contribution in [3.63, 3.8) is 0 Å². The van der Waals surface area contributed by atoms with E-state index in [1.807, 2.05) is 0 Å². The number of anilines is 1. The number of nitrogens with one attached hydrogen (secondary N) is 1. The second kappa shape index (κ2) is 6.33. The Morgan fingerprint density at radius 2 is 2.11 bits per heavy atom. The van der Waals surface area contributed by atoms with E-state index in [1.165, 1.54) is 0 Å². The summed E-state index contributed by atoms with van der Waals surface area (Å²) in [6, 6.07) is 3.27. The van der Waals surface area contributed by atoms with Gasteiger partial charge < -0.3 is 10.2 Å². The molecule has 2 unspecified atom stereocenters. The van der Waals surface area contributed by atoms with E-state index in [0.29, 0.717) is 18.0 Å². The molecule has 1 N–H and O–H groups in total. The summed E-state index contributed by atoms with van der Waals surface area (Å²) < 4.78 is 0. The van der Waals surface area contributed by atoms with E-state index >= 15 is 0 Å². The van der Waals surface area contributed by atoms with Crippen LogP contribution < -0.4 is 10.2 Å². The van der Waals surface area contributed by atoms with Gasteiger partial charge in [-0.15, -0.1) is 0 Å². The van der Waals surface area contributed by atoms with Crippen molar-refractivity contribution in [1.29, 1.82) is 0 Å². The van der Waals surface area contributed by atoms with Gasteiger partial charge in [-0.2, -0.15) is 0 Å². The predicted molar refractivity (Wildman–Crippen MR) is 79.6 cm³/mol. The molecule has 1 aromatic rings. The van der Waals surface area contributed by atoms with Gasteiger partial charge in [0.05, 0.1) is 0 Å². The van der Waals surface area contributed by atoms with Gasteiger partial charge in [0.1, 0.15) is 12.1 Å². The second-order valence-electron chi connectivity index (χ2n) is 5.68. The number of rotatable bonds is 4. The molecule has 19 heavy (non-hydrogen) atoms. The Bertz CT molecular complexity index is 405. The molecule has 1 aliphatic rings. The monoisotopic (exact) mass is 262 g/mol. The molecule has 2 heterocycles. The molecule has 0 spiro atoms. The lowest BCUT2D eigenvalue weighted by Crippen LogP contribution is -2.56. The normalized spacial score (nSPS) is 23.9. The fourth-order valence-corrected chi connectivity index (χ4v) is 2.62. The van der Waals surface area contributed by atoms with Crippen molar-refractivity contribution in [2.24, 2.45) is 0 Å². The van der Waals surface area contributed by atoms with Crippen LogP contribution in [0.3, 0.4) is 0 Å². The van der Waals surface area contributed by atoms with Crippen LogP contribution in [0.1, 0.15) is 52.1 Å². The van der Waals surface area contributed by atoms with Crippen LogP contribution in [-0.4, -0.2) is 35.1 Å². The van der Waals surface area contributed by atoms with E-state index in [4.69, 9.17) is 0 Å². The number of aromatic nitrogens is 2. The molecule has 1 aliphatic heterocycles. The highest BCUT2D eigenvalue weighted by Gasteiger charge is 2.27. The number of hydrogen-bond acceptors (Lipinski definition) is 4.